The first-order valence-corrected chi connectivity index (χ1v) is 12.8. The van der Waals surface area contributed by atoms with Crippen molar-refractivity contribution in [2.45, 2.75) is 102 Å². The highest BCUT2D eigenvalue weighted by Crippen LogP contribution is 2.28. The third-order valence-electron chi connectivity index (χ3n) is 5.23. The van der Waals surface area contributed by atoms with Gasteiger partial charge < -0.3 is 9.84 Å². The number of rotatable bonds is 18. The summed E-state index contributed by atoms with van der Waals surface area (Å²) >= 11 is 0. The van der Waals surface area contributed by atoms with Crippen molar-refractivity contribution in [1.29, 1.82) is 0 Å². The Labute approximate surface area is 181 Å². The van der Waals surface area contributed by atoms with Gasteiger partial charge in [-0.2, -0.15) is 8.42 Å². The van der Waals surface area contributed by atoms with Gasteiger partial charge in [0, 0.05) is 0 Å². The quantitative estimate of drug-likeness (QED) is 0.199. The lowest BCUT2D eigenvalue weighted by molar-refractivity contribution is 0.0691. The van der Waals surface area contributed by atoms with Crippen molar-refractivity contribution in [2.75, 3.05) is 6.61 Å². The Morgan fingerprint density at radius 1 is 0.833 bits per heavy atom. The van der Waals surface area contributed by atoms with Crippen molar-refractivity contribution >= 4 is 16.1 Å². The van der Waals surface area contributed by atoms with E-state index in [1.54, 1.807) is 0 Å². The lowest BCUT2D eigenvalue weighted by Crippen LogP contribution is -2.10. The normalized spacial score (nSPS) is 11.5. The van der Waals surface area contributed by atoms with Crippen LogP contribution in [0, 0.1) is 0 Å². The number of carboxylic acids is 1. The van der Waals surface area contributed by atoms with Crippen LogP contribution < -0.4 is 4.74 Å². The molecule has 2 N–H and O–H groups in total. The summed E-state index contributed by atoms with van der Waals surface area (Å²) in [5.74, 6) is -1.58. The molecule has 0 unspecified atom stereocenters. The van der Waals surface area contributed by atoms with Gasteiger partial charge in [-0.05, 0) is 18.6 Å². The van der Waals surface area contributed by atoms with Crippen LogP contribution >= 0.6 is 0 Å². The van der Waals surface area contributed by atoms with E-state index in [2.05, 4.69) is 6.92 Å². The molecule has 1 aromatic carbocycles. The largest absolute Gasteiger partial charge is 0.491 e. The number of benzene rings is 1. The summed E-state index contributed by atoms with van der Waals surface area (Å²) in [6.07, 6.45) is 17.1. The van der Waals surface area contributed by atoms with E-state index in [9.17, 15) is 22.9 Å². The van der Waals surface area contributed by atoms with E-state index >= 15 is 0 Å². The van der Waals surface area contributed by atoms with E-state index in [0.717, 1.165) is 18.9 Å². The van der Waals surface area contributed by atoms with Crippen LogP contribution in [0.15, 0.2) is 23.1 Å². The number of unbranched alkanes of at least 4 members (excludes halogenated alkanes) is 13. The minimum atomic E-state index is -4.55. The molecule has 30 heavy (non-hydrogen) atoms. The second kappa shape index (κ2) is 15.2. The summed E-state index contributed by atoms with van der Waals surface area (Å²) in [7, 11) is -4.55. The zero-order valence-corrected chi connectivity index (χ0v) is 19.1. The van der Waals surface area contributed by atoms with Gasteiger partial charge >= 0.3 is 5.97 Å². The third kappa shape index (κ3) is 11.0. The summed E-state index contributed by atoms with van der Waals surface area (Å²) in [6.45, 7) is 2.45. The van der Waals surface area contributed by atoms with Crippen LogP contribution in [-0.4, -0.2) is 30.7 Å². The van der Waals surface area contributed by atoms with Gasteiger partial charge in [0.2, 0.25) is 0 Å². The van der Waals surface area contributed by atoms with Gasteiger partial charge in [-0.3, -0.25) is 4.55 Å². The molecule has 0 atom stereocenters. The summed E-state index contributed by atoms with van der Waals surface area (Å²) in [5.41, 5.74) is -0.268. The van der Waals surface area contributed by atoms with Crippen molar-refractivity contribution < 1.29 is 27.6 Å². The molecule has 0 saturated carbocycles. The Hall–Kier alpha value is -1.60. The fourth-order valence-corrected chi connectivity index (χ4v) is 4.16. The molecule has 0 saturated heterocycles. The molecule has 1 aromatic rings. The number of carboxylic acid groups (broad SMARTS) is 1. The zero-order chi connectivity index (χ0) is 22.2. The highest BCUT2D eigenvalue weighted by Gasteiger charge is 2.22. The molecule has 0 bridgehead atoms. The van der Waals surface area contributed by atoms with Crippen LogP contribution in [0.4, 0.5) is 0 Å². The second-order valence-corrected chi connectivity index (χ2v) is 9.25. The van der Waals surface area contributed by atoms with E-state index in [4.69, 9.17) is 4.74 Å². The van der Waals surface area contributed by atoms with E-state index in [1.807, 2.05) is 0 Å². The fourth-order valence-electron chi connectivity index (χ4n) is 3.51. The molecule has 0 radical (unpaired) electrons. The Morgan fingerprint density at radius 2 is 1.30 bits per heavy atom. The Kier molecular flexibility index (Phi) is 13.4. The molecule has 6 nitrogen and oxygen atoms in total. The zero-order valence-electron chi connectivity index (χ0n) is 18.3. The van der Waals surface area contributed by atoms with Gasteiger partial charge in [0.25, 0.3) is 10.1 Å². The number of para-hydroxylation sites is 1. The van der Waals surface area contributed by atoms with Gasteiger partial charge in [0.15, 0.2) is 5.75 Å². The first-order chi connectivity index (χ1) is 14.4. The van der Waals surface area contributed by atoms with Gasteiger partial charge in [-0.15, -0.1) is 0 Å². The highest BCUT2D eigenvalue weighted by atomic mass is 32.2. The molecule has 0 aliphatic carbocycles. The molecule has 172 valence electrons. The molecule has 1 rings (SSSR count). The van der Waals surface area contributed by atoms with Crippen molar-refractivity contribution in [3.05, 3.63) is 23.8 Å². The molecule has 0 aliphatic heterocycles. The van der Waals surface area contributed by atoms with Gasteiger partial charge in [0.1, 0.15) is 10.5 Å². The molecule has 0 aromatic heterocycles. The van der Waals surface area contributed by atoms with Gasteiger partial charge in [-0.1, -0.05) is 96.5 Å². The van der Waals surface area contributed by atoms with Crippen molar-refractivity contribution in [3.63, 3.8) is 0 Å². The predicted octanol–water partition coefficient (Wildman–Crippen LogP) is 6.49. The van der Waals surface area contributed by atoms with Crippen LogP contribution in [0.3, 0.4) is 0 Å². The Morgan fingerprint density at radius 3 is 1.73 bits per heavy atom. The maximum Gasteiger partial charge on any atom is 0.339 e. The SMILES string of the molecule is CCCCCCCCCCCCCCCCOc1c(C(=O)O)cccc1S(=O)(=O)O. The number of carbonyl (C=O) groups is 1. The first kappa shape index (κ1) is 26.4. The molecule has 7 heteroatoms. The molecular formula is C23H38O6S. The summed E-state index contributed by atoms with van der Waals surface area (Å²) in [4.78, 5) is 10.8. The fraction of sp³-hybridized carbons (Fsp3) is 0.696. The lowest BCUT2D eigenvalue weighted by Gasteiger charge is -2.12. The second-order valence-electron chi connectivity index (χ2n) is 7.86. The highest BCUT2D eigenvalue weighted by molar-refractivity contribution is 7.86. The summed E-state index contributed by atoms with van der Waals surface area (Å²) in [5, 5.41) is 9.22. The van der Waals surface area contributed by atoms with E-state index in [-0.39, 0.29) is 17.9 Å². The minimum absolute atomic E-state index is 0.213. The maximum atomic E-state index is 11.5. The standard InChI is InChI=1S/C23H38O6S/c1-2-3-4-5-6-7-8-9-10-11-12-13-14-15-19-29-22-20(23(24)25)17-16-18-21(22)30(26,27)28/h16-18H,2-15,19H2,1H3,(H,24,25)(H,26,27,28). The van der Waals surface area contributed by atoms with Crippen LogP contribution in [-0.2, 0) is 10.1 Å². The smallest absolute Gasteiger partial charge is 0.339 e. The maximum absolute atomic E-state index is 11.5. The average Bonchev–Trinajstić information content (AvgIpc) is 2.70. The van der Waals surface area contributed by atoms with Crippen LogP contribution in [0.5, 0.6) is 5.75 Å². The Bertz CT molecular complexity index is 714. The topological polar surface area (TPSA) is 101 Å². The minimum Gasteiger partial charge on any atom is -0.491 e. The molecule has 0 fully saturated rings. The van der Waals surface area contributed by atoms with E-state index in [1.165, 1.54) is 82.8 Å². The Balaban J connectivity index is 2.16. The number of aromatic carboxylic acids is 1. The third-order valence-corrected chi connectivity index (χ3v) is 6.11. The van der Waals surface area contributed by atoms with Crippen molar-refractivity contribution in [1.82, 2.24) is 0 Å². The van der Waals surface area contributed by atoms with Crippen LogP contribution in [0.2, 0.25) is 0 Å². The van der Waals surface area contributed by atoms with Crippen LogP contribution in [0.1, 0.15) is 107 Å². The number of hydrogen-bond donors (Lipinski definition) is 2. The van der Waals surface area contributed by atoms with Crippen molar-refractivity contribution in [3.8, 4) is 5.75 Å². The van der Waals surface area contributed by atoms with Crippen LogP contribution in [0.25, 0.3) is 0 Å². The summed E-state index contributed by atoms with van der Waals surface area (Å²) in [6, 6.07) is 3.67. The molecule has 0 amide bonds. The molecule has 0 heterocycles. The average molecular weight is 443 g/mol. The molecule has 0 spiro atoms. The number of ether oxygens (including phenoxy) is 1. The van der Waals surface area contributed by atoms with Crippen molar-refractivity contribution in [2.24, 2.45) is 0 Å². The molecule has 0 aliphatic rings. The molecular weight excluding hydrogens is 404 g/mol. The monoisotopic (exact) mass is 442 g/mol. The van der Waals surface area contributed by atoms with Gasteiger partial charge in [0.05, 0.1) is 6.61 Å². The van der Waals surface area contributed by atoms with E-state index < -0.39 is 21.0 Å². The first-order valence-electron chi connectivity index (χ1n) is 11.3. The summed E-state index contributed by atoms with van der Waals surface area (Å²) < 4.78 is 37.7. The number of hydrogen-bond acceptors (Lipinski definition) is 4. The lowest BCUT2D eigenvalue weighted by atomic mass is 10.0. The predicted molar refractivity (Wildman–Crippen MR) is 119 cm³/mol. The van der Waals surface area contributed by atoms with Gasteiger partial charge in [-0.25, -0.2) is 4.79 Å². The van der Waals surface area contributed by atoms with E-state index in [0.29, 0.717) is 6.42 Å².